The normalized spacial score (nSPS) is 12.3. The molecule has 3 aromatic rings. The molecule has 0 saturated carbocycles. The number of rotatable bonds is 5. The Bertz CT molecular complexity index is 1010. The number of fused-ring (bicyclic) bond motifs is 1. The van der Waals surface area contributed by atoms with Crippen molar-refractivity contribution in [2.24, 2.45) is 10.7 Å². The first-order chi connectivity index (χ1) is 12.8. The van der Waals surface area contributed by atoms with Gasteiger partial charge in [-0.2, -0.15) is 0 Å². The Labute approximate surface area is 151 Å². The molecule has 142 valence electrons. The van der Waals surface area contributed by atoms with E-state index in [0.29, 0.717) is 12.2 Å². The van der Waals surface area contributed by atoms with Crippen LogP contribution in [0.1, 0.15) is 0 Å². The molecule has 1 aromatic heterocycles. The number of nitrogens with two attached hydrogens (primary N) is 1. The van der Waals surface area contributed by atoms with Crippen LogP contribution in [0.2, 0.25) is 0 Å². The predicted octanol–water partition coefficient (Wildman–Crippen LogP) is 2.66. The van der Waals surface area contributed by atoms with Crippen LogP contribution in [0.25, 0.3) is 11.0 Å². The van der Waals surface area contributed by atoms with Gasteiger partial charge in [0.25, 0.3) is 0 Å². The lowest BCUT2D eigenvalue weighted by molar-refractivity contribution is -0.274. The summed E-state index contributed by atoms with van der Waals surface area (Å²) in [6.07, 6.45) is -4.74. The standard InChI is InChI=1S/C17H16F3N5O2/c18-17(19,20)27-12-7-5-11(6-8-12)23-15(21)22-9-10-25-14-4-2-1-3-13(14)24-16(25)26/h1-8H,9-10H2,(H,24,26)(H3,21,22,23). The second-order valence-electron chi connectivity index (χ2n) is 5.56. The van der Waals surface area contributed by atoms with Gasteiger partial charge in [-0.15, -0.1) is 13.2 Å². The van der Waals surface area contributed by atoms with Crippen molar-refractivity contribution in [3.63, 3.8) is 0 Å². The number of anilines is 1. The highest BCUT2D eigenvalue weighted by molar-refractivity contribution is 5.92. The molecular weight excluding hydrogens is 363 g/mol. The van der Waals surface area contributed by atoms with E-state index in [-0.39, 0.29) is 23.9 Å². The summed E-state index contributed by atoms with van der Waals surface area (Å²) < 4.78 is 41.7. The number of aromatic amines is 1. The van der Waals surface area contributed by atoms with Crippen LogP contribution < -0.4 is 21.5 Å². The Morgan fingerprint density at radius 3 is 2.59 bits per heavy atom. The maximum absolute atomic E-state index is 12.1. The maximum Gasteiger partial charge on any atom is 0.573 e. The molecule has 27 heavy (non-hydrogen) atoms. The van der Waals surface area contributed by atoms with E-state index in [1.807, 2.05) is 18.2 Å². The van der Waals surface area contributed by atoms with Crippen molar-refractivity contribution in [1.29, 1.82) is 0 Å². The number of nitrogens with zero attached hydrogens (tertiary/aromatic N) is 2. The van der Waals surface area contributed by atoms with Gasteiger partial charge in [0.1, 0.15) is 5.75 Å². The van der Waals surface area contributed by atoms with Gasteiger partial charge in [-0.05, 0) is 36.4 Å². The van der Waals surface area contributed by atoms with E-state index >= 15 is 0 Å². The van der Waals surface area contributed by atoms with Gasteiger partial charge in [-0.1, -0.05) is 12.1 Å². The number of para-hydroxylation sites is 2. The summed E-state index contributed by atoms with van der Waals surface area (Å²) in [5.41, 5.74) is 7.49. The van der Waals surface area contributed by atoms with Crippen molar-refractivity contribution >= 4 is 22.7 Å². The number of hydrogen-bond donors (Lipinski definition) is 3. The van der Waals surface area contributed by atoms with E-state index in [0.717, 1.165) is 23.2 Å². The molecule has 3 rings (SSSR count). The van der Waals surface area contributed by atoms with Crippen LogP contribution in [0, 0.1) is 0 Å². The Kier molecular flexibility index (Phi) is 5.06. The largest absolute Gasteiger partial charge is 0.573 e. The molecule has 0 spiro atoms. The summed E-state index contributed by atoms with van der Waals surface area (Å²) in [7, 11) is 0. The fourth-order valence-corrected chi connectivity index (χ4v) is 2.53. The van der Waals surface area contributed by atoms with E-state index in [4.69, 9.17) is 5.73 Å². The molecule has 0 atom stereocenters. The van der Waals surface area contributed by atoms with Crippen LogP contribution >= 0.6 is 0 Å². The number of H-pyrrole nitrogens is 1. The van der Waals surface area contributed by atoms with Gasteiger partial charge in [0.2, 0.25) is 0 Å². The first-order valence-corrected chi connectivity index (χ1v) is 7.92. The van der Waals surface area contributed by atoms with E-state index in [1.165, 1.54) is 12.1 Å². The lowest BCUT2D eigenvalue weighted by Crippen LogP contribution is -2.24. The second kappa shape index (κ2) is 7.44. The summed E-state index contributed by atoms with van der Waals surface area (Å²) in [6, 6.07) is 12.4. The second-order valence-corrected chi connectivity index (χ2v) is 5.56. The van der Waals surface area contributed by atoms with Crippen molar-refractivity contribution < 1.29 is 17.9 Å². The molecule has 0 fully saturated rings. The minimum Gasteiger partial charge on any atom is -0.406 e. The highest BCUT2D eigenvalue weighted by Crippen LogP contribution is 2.23. The van der Waals surface area contributed by atoms with Gasteiger partial charge in [-0.3, -0.25) is 9.56 Å². The number of alkyl halides is 3. The van der Waals surface area contributed by atoms with Gasteiger partial charge in [0.15, 0.2) is 5.96 Å². The molecule has 7 nitrogen and oxygen atoms in total. The Hall–Kier alpha value is -3.43. The molecule has 0 bridgehead atoms. The molecule has 0 unspecified atom stereocenters. The van der Waals surface area contributed by atoms with Crippen molar-refractivity contribution in [2.75, 3.05) is 11.9 Å². The fraction of sp³-hybridized carbons (Fsp3) is 0.176. The highest BCUT2D eigenvalue weighted by Gasteiger charge is 2.30. The summed E-state index contributed by atoms with van der Waals surface area (Å²) >= 11 is 0. The molecule has 0 aliphatic heterocycles. The van der Waals surface area contributed by atoms with Crippen LogP contribution in [-0.2, 0) is 6.54 Å². The van der Waals surface area contributed by atoms with Crippen LogP contribution in [0.5, 0.6) is 5.75 Å². The Balaban J connectivity index is 1.59. The zero-order valence-electron chi connectivity index (χ0n) is 14.0. The number of benzene rings is 2. The van der Waals surface area contributed by atoms with Gasteiger partial charge in [-0.25, -0.2) is 4.79 Å². The van der Waals surface area contributed by atoms with Crippen LogP contribution in [0.4, 0.5) is 18.9 Å². The Morgan fingerprint density at radius 2 is 1.89 bits per heavy atom. The number of ether oxygens (including phenoxy) is 1. The molecule has 0 radical (unpaired) electrons. The lowest BCUT2D eigenvalue weighted by Gasteiger charge is -2.10. The van der Waals surface area contributed by atoms with Gasteiger partial charge < -0.3 is 20.8 Å². The van der Waals surface area contributed by atoms with Gasteiger partial charge in [0.05, 0.1) is 17.6 Å². The zero-order chi connectivity index (χ0) is 19.4. The van der Waals surface area contributed by atoms with E-state index in [9.17, 15) is 18.0 Å². The average Bonchev–Trinajstić information content (AvgIpc) is 2.91. The monoisotopic (exact) mass is 379 g/mol. The van der Waals surface area contributed by atoms with Crippen molar-refractivity contribution in [2.45, 2.75) is 12.9 Å². The third kappa shape index (κ3) is 4.81. The molecule has 0 amide bonds. The number of hydrogen-bond acceptors (Lipinski definition) is 3. The number of guanidine groups is 1. The summed E-state index contributed by atoms with van der Waals surface area (Å²) in [4.78, 5) is 18.8. The fourth-order valence-electron chi connectivity index (χ4n) is 2.53. The summed E-state index contributed by atoms with van der Waals surface area (Å²) in [5.74, 6) is -0.255. The Morgan fingerprint density at radius 1 is 1.19 bits per heavy atom. The van der Waals surface area contributed by atoms with Crippen LogP contribution in [0.15, 0.2) is 58.3 Å². The lowest BCUT2D eigenvalue weighted by atomic mass is 10.3. The van der Waals surface area contributed by atoms with Crippen molar-refractivity contribution in [3.05, 3.63) is 59.0 Å². The van der Waals surface area contributed by atoms with Crippen LogP contribution in [-0.4, -0.2) is 28.4 Å². The number of imidazole rings is 1. The molecular formula is C17H16F3N5O2. The number of aliphatic imine (C=N–C) groups is 1. The number of nitrogens with one attached hydrogen (secondary N) is 2. The molecule has 4 N–H and O–H groups in total. The quantitative estimate of drug-likeness (QED) is 0.469. The third-order valence-electron chi connectivity index (χ3n) is 3.65. The SMILES string of the molecule is NC(=NCCn1c(=O)[nH]c2ccccc21)Nc1ccc(OC(F)(F)F)cc1. The smallest absolute Gasteiger partial charge is 0.406 e. The molecule has 10 heteroatoms. The summed E-state index contributed by atoms with van der Waals surface area (Å²) in [5, 5.41) is 2.76. The first kappa shape index (κ1) is 18.4. The first-order valence-electron chi connectivity index (χ1n) is 7.92. The highest BCUT2D eigenvalue weighted by atomic mass is 19.4. The molecule has 2 aromatic carbocycles. The molecule has 1 heterocycles. The third-order valence-corrected chi connectivity index (χ3v) is 3.65. The summed E-state index contributed by atoms with van der Waals surface area (Å²) in [6.45, 7) is 0.569. The van der Waals surface area contributed by atoms with E-state index in [1.54, 1.807) is 10.6 Å². The topological polar surface area (TPSA) is 97.4 Å². The minimum absolute atomic E-state index is 0.0763. The van der Waals surface area contributed by atoms with Gasteiger partial charge in [0, 0.05) is 12.2 Å². The molecule has 0 saturated heterocycles. The maximum atomic E-state index is 12.1. The minimum atomic E-state index is -4.74. The number of halogens is 3. The molecule has 0 aliphatic carbocycles. The number of aromatic nitrogens is 2. The van der Waals surface area contributed by atoms with E-state index < -0.39 is 6.36 Å². The van der Waals surface area contributed by atoms with E-state index in [2.05, 4.69) is 20.0 Å². The van der Waals surface area contributed by atoms with Crippen molar-refractivity contribution in [3.8, 4) is 5.75 Å². The van der Waals surface area contributed by atoms with Crippen LogP contribution in [0.3, 0.4) is 0 Å². The van der Waals surface area contributed by atoms with Crippen molar-refractivity contribution in [1.82, 2.24) is 9.55 Å². The zero-order valence-corrected chi connectivity index (χ0v) is 14.0. The van der Waals surface area contributed by atoms with Gasteiger partial charge >= 0.3 is 12.1 Å². The average molecular weight is 379 g/mol. The predicted molar refractivity (Wildman–Crippen MR) is 95.8 cm³/mol. The molecule has 0 aliphatic rings.